The highest BCUT2D eigenvalue weighted by Crippen LogP contribution is 2.15. The Morgan fingerprint density at radius 3 is 2.56 bits per heavy atom. The number of hydrogen-bond donors (Lipinski definition) is 1. The Labute approximate surface area is 102 Å². The molecular weight excluding hydrogens is 244 g/mol. The molecule has 0 radical (unpaired) electrons. The lowest BCUT2D eigenvalue weighted by atomic mass is 10.1. The van der Waals surface area contributed by atoms with E-state index in [9.17, 15) is 8.42 Å². The van der Waals surface area contributed by atoms with E-state index < -0.39 is 9.84 Å². The Morgan fingerprint density at radius 2 is 2.00 bits per heavy atom. The summed E-state index contributed by atoms with van der Waals surface area (Å²) in [5.41, 5.74) is 0.732. The third kappa shape index (κ3) is 2.95. The van der Waals surface area contributed by atoms with Crippen LogP contribution >= 0.6 is 12.2 Å². The summed E-state index contributed by atoms with van der Waals surface area (Å²) in [7, 11) is -2.97. The van der Waals surface area contributed by atoms with Crippen LogP contribution in [-0.2, 0) is 9.84 Å². The van der Waals surface area contributed by atoms with E-state index >= 15 is 0 Å². The highest BCUT2D eigenvalue weighted by atomic mass is 32.2. The molecule has 0 aromatic heterocycles. The van der Waals surface area contributed by atoms with Crippen LogP contribution in [0.15, 0.2) is 11.1 Å². The molecule has 6 heteroatoms. The van der Waals surface area contributed by atoms with Gasteiger partial charge in [-0.25, -0.2) is 8.42 Å². The Bertz CT molecular complexity index is 409. The number of allylic oxidation sites excluding steroid dienone is 1. The topological polar surface area (TPSA) is 49.4 Å². The molecule has 2 aliphatic heterocycles. The molecule has 0 saturated carbocycles. The smallest absolute Gasteiger partial charge is 0.173 e. The molecule has 0 bridgehead atoms. The second-order valence-corrected chi connectivity index (χ2v) is 6.59. The predicted molar refractivity (Wildman–Crippen MR) is 67.6 cm³/mol. The average molecular weight is 260 g/mol. The highest BCUT2D eigenvalue weighted by Gasteiger charge is 2.20. The van der Waals surface area contributed by atoms with Crippen LogP contribution in [0.5, 0.6) is 0 Å². The lowest BCUT2D eigenvalue weighted by molar-refractivity contribution is 0.340. The molecule has 0 aromatic rings. The summed E-state index contributed by atoms with van der Waals surface area (Å²) in [6, 6.07) is 0. The van der Waals surface area contributed by atoms with E-state index in [4.69, 9.17) is 12.2 Å². The summed E-state index contributed by atoms with van der Waals surface area (Å²) in [6.45, 7) is 1.96. The maximum atomic E-state index is 11.2. The number of nitrogens with one attached hydrogen (secondary N) is 1. The third-order valence-corrected chi connectivity index (χ3v) is 4.67. The minimum absolute atomic E-state index is 0.206. The highest BCUT2D eigenvalue weighted by molar-refractivity contribution is 7.94. The van der Waals surface area contributed by atoms with E-state index in [1.54, 1.807) is 0 Å². The maximum Gasteiger partial charge on any atom is 0.173 e. The molecule has 0 atom stereocenters. The van der Waals surface area contributed by atoms with Crippen LogP contribution in [0.2, 0.25) is 0 Å². The van der Waals surface area contributed by atoms with Gasteiger partial charge in [-0.05, 0) is 31.5 Å². The van der Waals surface area contributed by atoms with Crippen molar-refractivity contribution in [2.75, 3.05) is 18.8 Å². The number of hydrogen-bond acceptors (Lipinski definition) is 3. The van der Waals surface area contributed by atoms with Crippen molar-refractivity contribution >= 4 is 27.2 Å². The van der Waals surface area contributed by atoms with Crippen molar-refractivity contribution in [1.29, 1.82) is 0 Å². The quantitative estimate of drug-likeness (QED) is 0.713. The molecule has 1 fully saturated rings. The SMILES string of the molecule is O=S1(=O)C=C(NC(=S)N2CCCCC2)CC1. The second-order valence-electron chi connectivity index (χ2n) is 4.24. The van der Waals surface area contributed by atoms with Crippen molar-refractivity contribution in [3.05, 3.63) is 11.1 Å². The van der Waals surface area contributed by atoms with Crippen molar-refractivity contribution in [2.24, 2.45) is 0 Å². The zero-order valence-electron chi connectivity index (χ0n) is 9.11. The second kappa shape index (κ2) is 4.71. The van der Waals surface area contributed by atoms with Gasteiger partial charge in [0, 0.05) is 25.2 Å². The predicted octanol–water partition coefficient (Wildman–Crippen LogP) is 1.01. The minimum Gasteiger partial charge on any atom is -0.349 e. The van der Waals surface area contributed by atoms with Crippen molar-refractivity contribution in [2.45, 2.75) is 25.7 Å². The molecule has 1 N–H and O–H groups in total. The van der Waals surface area contributed by atoms with Crippen LogP contribution in [0.1, 0.15) is 25.7 Å². The lowest BCUT2D eigenvalue weighted by Gasteiger charge is -2.29. The molecule has 0 spiro atoms. The average Bonchev–Trinajstić information content (AvgIpc) is 2.59. The number of piperidine rings is 1. The van der Waals surface area contributed by atoms with Gasteiger partial charge in [0.25, 0.3) is 0 Å². The molecule has 0 aliphatic carbocycles. The van der Waals surface area contributed by atoms with E-state index in [1.807, 2.05) is 0 Å². The third-order valence-electron chi connectivity index (χ3n) is 2.89. The summed E-state index contributed by atoms with van der Waals surface area (Å²) < 4.78 is 22.5. The van der Waals surface area contributed by atoms with Gasteiger partial charge in [0.15, 0.2) is 14.9 Å². The lowest BCUT2D eigenvalue weighted by Crippen LogP contribution is -2.42. The molecule has 90 valence electrons. The molecule has 0 unspecified atom stereocenters. The maximum absolute atomic E-state index is 11.2. The fraction of sp³-hybridized carbons (Fsp3) is 0.700. The van der Waals surface area contributed by atoms with Crippen molar-refractivity contribution < 1.29 is 8.42 Å². The van der Waals surface area contributed by atoms with Crippen LogP contribution in [-0.4, -0.2) is 37.3 Å². The molecule has 2 rings (SSSR count). The molecule has 2 heterocycles. The first-order valence-electron chi connectivity index (χ1n) is 5.56. The molecule has 1 saturated heterocycles. The first-order chi connectivity index (χ1) is 7.57. The van der Waals surface area contributed by atoms with Gasteiger partial charge in [-0.15, -0.1) is 0 Å². The summed E-state index contributed by atoms with van der Waals surface area (Å²) in [6.07, 6.45) is 4.14. The van der Waals surface area contributed by atoms with Crippen LogP contribution in [0.4, 0.5) is 0 Å². The van der Waals surface area contributed by atoms with Gasteiger partial charge in [-0.1, -0.05) is 0 Å². The molecule has 16 heavy (non-hydrogen) atoms. The first-order valence-corrected chi connectivity index (χ1v) is 7.68. The van der Waals surface area contributed by atoms with E-state index in [0.29, 0.717) is 11.5 Å². The molecule has 0 aromatic carbocycles. The number of sulfone groups is 1. The number of rotatable bonds is 1. The Hall–Kier alpha value is -0.620. The number of likely N-dealkylation sites (tertiary alicyclic amines) is 1. The molecular formula is C10H16N2O2S2. The van der Waals surface area contributed by atoms with Gasteiger partial charge in [-0.2, -0.15) is 0 Å². The fourth-order valence-electron chi connectivity index (χ4n) is 1.99. The van der Waals surface area contributed by atoms with Gasteiger partial charge >= 0.3 is 0 Å². The number of nitrogens with zero attached hydrogens (tertiary/aromatic N) is 1. The molecule has 2 aliphatic rings. The standard InChI is InChI=1S/C10H16N2O2S2/c13-16(14)7-4-9(8-16)11-10(15)12-5-2-1-3-6-12/h8H,1-7H2,(H,11,15). The fourth-order valence-corrected chi connectivity index (χ4v) is 3.54. The summed E-state index contributed by atoms with van der Waals surface area (Å²) >= 11 is 5.26. The molecule has 0 amide bonds. The molecule has 4 nitrogen and oxygen atoms in total. The van der Waals surface area contributed by atoms with Crippen molar-refractivity contribution in [3.8, 4) is 0 Å². The van der Waals surface area contributed by atoms with Crippen LogP contribution < -0.4 is 5.32 Å². The number of thiocarbonyl (C=S) groups is 1. The Kier molecular flexibility index (Phi) is 3.49. The first kappa shape index (κ1) is 11.9. The van der Waals surface area contributed by atoms with Gasteiger partial charge in [-0.3, -0.25) is 0 Å². The van der Waals surface area contributed by atoms with Gasteiger partial charge in [0.05, 0.1) is 11.2 Å². The van der Waals surface area contributed by atoms with Gasteiger partial charge in [0.1, 0.15) is 0 Å². The summed E-state index contributed by atoms with van der Waals surface area (Å²) in [4.78, 5) is 2.12. The normalized spacial score (nSPS) is 24.0. The van der Waals surface area contributed by atoms with Crippen LogP contribution in [0.3, 0.4) is 0 Å². The van der Waals surface area contributed by atoms with E-state index in [-0.39, 0.29) is 5.75 Å². The minimum atomic E-state index is -2.97. The van der Waals surface area contributed by atoms with Crippen LogP contribution in [0, 0.1) is 0 Å². The van der Waals surface area contributed by atoms with Crippen molar-refractivity contribution in [1.82, 2.24) is 10.2 Å². The summed E-state index contributed by atoms with van der Waals surface area (Å²) in [5.74, 6) is 0.206. The zero-order chi connectivity index (χ0) is 11.6. The monoisotopic (exact) mass is 260 g/mol. The van der Waals surface area contributed by atoms with Gasteiger partial charge < -0.3 is 10.2 Å². The van der Waals surface area contributed by atoms with Crippen LogP contribution in [0.25, 0.3) is 0 Å². The van der Waals surface area contributed by atoms with Gasteiger partial charge in [0.2, 0.25) is 0 Å². The van der Waals surface area contributed by atoms with E-state index in [1.165, 1.54) is 24.7 Å². The largest absolute Gasteiger partial charge is 0.349 e. The van der Waals surface area contributed by atoms with E-state index in [2.05, 4.69) is 10.2 Å². The Morgan fingerprint density at radius 1 is 1.31 bits per heavy atom. The summed E-state index contributed by atoms with van der Waals surface area (Å²) in [5, 5.41) is 5.02. The zero-order valence-corrected chi connectivity index (χ0v) is 10.7. The van der Waals surface area contributed by atoms with Crippen molar-refractivity contribution in [3.63, 3.8) is 0 Å². The van der Waals surface area contributed by atoms with E-state index in [0.717, 1.165) is 18.8 Å². The Balaban J connectivity index is 1.92.